The predicted molar refractivity (Wildman–Crippen MR) is 69.3 cm³/mol. The summed E-state index contributed by atoms with van der Waals surface area (Å²) < 4.78 is 0. The largest absolute Gasteiger partial charge is 0.480 e. The molecule has 20 heavy (non-hydrogen) atoms. The fourth-order valence-corrected chi connectivity index (χ4v) is 2.03. The molecule has 0 heterocycles. The minimum atomic E-state index is -1.29. The predicted octanol–water partition coefficient (Wildman–Crippen LogP) is 1.58. The van der Waals surface area contributed by atoms with E-state index in [1.165, 1.54) is 31.2 Å². The maximum absolute atomic E-state index is 12.0. The minimum Gasteiger partial charge on any atom is -0.480 e. The van der Waals surface area contributed by atoms with Crippen LogP contribution in [0.4, 0.5) is 5.69 Å². The van der Waals surface area contributed by atoms with Crippen LogP contribution in [0.3, 0.4) is 0 Å². The fourth-order valence-electron chi connectivity index (χ4n) is 2.03. The third-order valence-electron chi connectivity index (χ3n) is 3.55. The molecule has 1 aromatic rings. The second-order valence-electron chi connectivity index (χ2n) is 5.04. The van der Waals surface area contributed by atoms with Crippen molar-refractivity contribution in [2.75, 3.05) is 0 Å². The summed E-state index contributed by atoms with van der Waals surface area (Å²) in [5.41, 5.74) is -1.22. The van der Waals surface area contributed by atoms with Gasteiger partial charge < -0.3 is 10.4 Å². The Bertz CT molecular complexity index is 565. The number of nitrogens with zero attached hydrogens (tertiary/aromatic N) is 1. The summed E-state index contributed by atoms with van der Waals surface area (Å²) >= 11 is 0. The first kappa shape index (κ1) is 14.0. The first-order valence-corrected chi connectivity index (χ1v) is 6.15. The SMILES string of the molecule is CC(NC(=O)c1ccc([N+](=O)[O-])cc1)(C(=O)O)C1CC1. The molecule has 106 valence electrons. The monoisotopic (exact) mass is 278 g/mol. The number of carboxylic acids is 1. The van der Waals surface area contributed by atoms with Crippen molar-refractivity contribution in [3.63, 3.8) is 0 Å². The summed E-state index contributed by atoms with van der Waals surface area (Å²) in [6.07, 6.45) is 1.53. The Morgan fingerprint density at radius 1 is 1.35 bits per heavy atom. The smallest absolute Gasteiger partial charge is 0.329 e. The van der Waals surface area contributed by atoms with Crippen LogP contribution in [0.1, 0.15) is 30.1 Å². The van der Waals surface area contributed by atoms with E-state index in [4.69, 9.17) is 0 Å². The molecule has 0 aliphatic heterocycles. The van der Waals surface area contributed by atoms with Gasteiger partial charge in [-0.05, 0) is 37.8 Å². The summed E-state index contributed by atoms with van der Waals surface area (Å²) in [6.45, 7) is 1.48. The van der Waals surface area contributed by atoms with Crippen molar-refractivity contribution < 1.29 is 19.6 Å². The molecule has 1 aromatic carbocycles. The number of amides is 1. The van der Waals surface area contributed by atoms with Crippen LogP contribution >= 0.6 is 0 Å². The quantitative estimate of drug-likeness (QED) is 0.627. The van der Waals surface area contributed by atoms with Gasteiger partial charge in [-0.3, -0.25) is 14.9 Å². The highest BCUT2D eigenvalue weighted by Crippen LogP contribution is 2.39. The summed E-state index contributed by atoms with van der Waals surface area (Å²) in [7, 11) is 0. The van der Waals surface area contributed by atoms with Crippen molar-refractivity contribution >= 4 is 17.6 Å². The number of carbonyl (C=O) groups excluding carboxylic acids is 1. The van der Waals surface area contributed by atoms with E-state index in [-0.39, 0.29) is 17.2 Å². The van der Waals surface area contributed by atoms with E-state index in [2.05, 4.69) is 5.32 Å². The van der Waals surface area contributed by atoms with Crippen molar-refractivity contribution in [3.8, 4) is 0 Å². The first-order chi connectivity index (χ1) is 9.34. The van der Waals surface area contributed by atoms with Crippen molar-refractivity contribution in [1.29, 1.82) is 0 Å². The number of nitro groups is 1. The van der Waals surface area contributed by atoms with E-state index in [1.54, 1.807) is 0 Å². The summed E-state index contributed by atoms with van der Waals surface area (Å²) in [6, 6.07) is 5.04. The zero-order valence-electron chi connectivity index (χ0n) is 10.8. The molecule has 1 atom stereocenters. The number of nitro benzene ring substituents is 1. The van der Waals surface area contributed by atoms with Crippen molar-refractivity contribution in [1.82, 2.24) is 5.32 Å². The number of non-ortho nitro benzene ring substituents is 1. The molecule has 2 rings (SSSR count). The maximum Gasteiger partial charge on any atom is 0.329 e. The molecule has 1 fully saturated rings. The van der Waals surface area contributed by atoms with Crippen molar-refractivity contribution in [2.24, 2.45) is 5.92 Å². The molecule has 0 saturated heterocycles. The van der Waals surface area contributed by atoms with Gasteiger partial charge in [0.25, 0.3) is 11.6 Å². The number of benzene rings is 1. The standard InChI is InChI=1S/C13H14N2O5/c1-13(12(17)18,9-4-5-9)14-11(16)8-2-6-10(7-3-8)15(19)20/h2-3,6-7,9H,4-5H2,1H3,(H,14,16)(H,17,18). The number of nitrogens with one attached hydrogen (secondary N) is 1. The van der Waals surface area contributed by atoms with Crippen LogP contribution < -0.4 is 5.32 Å². The van der Waals surface area contributed by atoms with Crippen LogP contribution in [0, 0.1) is 16.0 Å². The van der Waals surface area contributed by atoms with Gasteiger partial charge in [-0.15, -0.1) is 0 Å². The molecular formula is C13H14N2O5. The molecule has 7 heteroatoms. The van der Waals surface area contributed by atoms with Gasteiger partial charge in [0.05, 0.1) is 4.92 Å². The van der Waals surface area contributed by atoms with Gasteiger partial charge in [0.1, 0.15) is 5.54 Å². The average molecular weight is 278 g/mol. The Labute approximate surface area is 114 Å². The van der Waals surface area contributed by atoms with Crippen LogP contribution in [-0.2, 0) is 4.79 Å². The van der Waals surface area contributed by atoms with Gasteiger partial charge in [0, 0.05) is 17.7 Å². The molecular weight excluding hydrogens is 264 g/mol. The van der Waals surface area contributed by atoms with E-state index in [0.29, 0.717) is 0 Å². The van der Waals surface area contributed by atoms with E-state index in [9.17, 15) is 24.8 Å². The zero-order chi connectivity index (χ0) is 14.9. The summed E-state index contributed by atoms with van der Waals surface area (Å²) in [5.74, 6) is -1.69. The number of hydrogen-bond donors (Lipinski definition) is 2. The Balaban J connectivity index is 2.15. The lowest BCUT2D eigenvalue weighted by Crippen LogP contribution is -2.54. The number of carbonyl (C=O) groups is 2. The number of carboxylic acid groups (broad SMARTS) is 1. The average Bonchev–Trinajstić information content (AvgIpc) is 3.23. The lowest BCUT2D eigenvalue weighted by molar-refractivity contribution is -0.384. The van der Waals surface area contributed by atoms with Gasteiger partial charge in [-0.25, -0.2) is 4.79 Å². The Kier molecular flexibility index (Phi) is 3.44. The van der Waals surface area contributed by atoms with Crippen molar-refractivity contribution in [3.05, 3.63) is 39.9 Å². The molecule has 0 bridgehead atoms. The molecule has 7 nitrogen and oxygen atoms in total. The summed E-state index contributed by atoms with van der Waals surface area (Å²) in [5, 5.41) is 22.3. The number of hydrogen-bond acceptors (Lipinski definition) is 4. The van der Waals surface area contributed by atoms with Crippen LogP contribution in [0.2, 0.25) is 0 Å². The lowest BCUT2D eigenvalue weighted by atomic mass is 9.95. The molecule has 0 radical (unpaired) electrons. The van der Waals surface area contributed by atoms with E-state index < -0.39 is 22.3 Å². The topological polar surface area (TPSA) is 110 Å². The van der Waals surface area contributed by atoms with E-state index in [1.807, 2.05) is 0 Å². The van der Waals surface area contributed by atoms with Gasteiger partial charge in [0.2, 0.25) is 0 Å². The molecule has 2 N–H and O–H groups in total. The van der Waals surface area contributed by atoms with E-state index >= 15 is 0 Å². The second kappa shape index (κ2) is 4.92. The molecule has 1 saturated carbocycles. The molecule has 1 amide bonds. The number of aliphatic carboxylic acids is 1. The number of rotatable bonds is 5. The normalized spacial score (nSPS) is 17.1. The Hall–Kier alpha value is -2.44. The highest BCUT2D eigenvalue weighted by atomic mass is 16.6. The second-order valence-corrected chi connectivity index (χ2v) is 5.04. The van der Waals surface area contributed by atoms with Crippen LogP contribution in [0.15, 0.2) is 24.3 Å². The van der Waals surface area contributed by atoms with Crippen LogP contribution in [0.25, 0.3) is 0 Å². The third kappa shape index (κ3) is 2.61. The van der Waals surface area contributed by atoms with Crippen molar-refractivity contribution in [2.45, 2.75) is 25.3 Å². The van der Waals surface area contributed by atoms with Gasteiger partial charge in [0.15, 0.2) is 0 Å². The first-order valence-electron chi connectivity index (χ1n) is 6.15. The van der Waals surface area contributed by atoms with Gasteiger partial charge >= 0.3 is 5.97 Å². The molecule has 1 unspecified atom stereocenters. The molecule has 0 spiro atoms. The van der Waals surface area contributed by atoms with Gasteiger partial charge in [-0.1, -0.05) is 0 Å². The highest BCUT2D eigenvalue weighted by Gasteiger charge is 2.48. The lowest BCUT2D eigenvalue weighted by Gasteiger charge is -2.26. The summed E-state index contributed by atoms with van der Waals surface area (Å²) in [4.78, 5) is 33.3. The maximum atomic E-state index is 12.0. The van der Waals surface area contributed by atoms with Crippen LogP contribution in [-0.4, -0.2) is 27.4 Å². The Morgan fingerprint density at radius 2 is 1.90 bits per heavy atom. The van der Waals surface area contributed by atoms with E-state index in [0.717, 1.165) is 12.8 Å². The molecule has 1 aliphatic rings. The molecule has 0 aromatic heterocycles. The Morgan fingerprint density at radius 3 is 2.30 bits per heavy atom. The molecule has 1 aliphatic carbocycles. The van der Waals surface area contributed by atoms with Gasteiger partial charge in [-0.2, -0.15) is 0 Å². The van der Waals surface area contributed by atoms with Crippen LogP contribution in [0.5, 0.6) is 0 Å². The fraction of sp³-hybridized carbons (Fsp3) is 0.385. The zero-order valence-corrected chi connectivity index (χ0v) is 10.8. The third-order valence-corrected chi connectivity index (χ3v) is 3.55. The minimum absolute atomic E-state index is 0.0676. The highest BCUT2D eigenvalue weighted by molar-refractivity contribution is 5.98.